The van der Waals surface area contributed by atoms with Gasteiger partial charge in [0, 0.05) is 25.6 Å². The van der Waals surface area contributed by atoms with Crippen LogP contribution >= 0.6 is 24.0 Å². The first-order chi connectivity index (χ1) is 7.68. The summed E-state index contributed by atoms with van der Waals surface area (Å²) in [5.41, 5.74) is -0.0727. The zero-order valence-electron chi connectivity index (χ0n) is 9.00. The van der Waals surface area contributed by atoms with Crippen molar-refractivity contribution in [1.82, 2.24) is 10.6 Å². The first-order valence-corrected chi connectivity index (χ1v) is 5.49. The second kappa shape index (κ2) is 6.19. The van der Waals surface area contributed by atoms with Gasteiger partial charge in [-0.25, -0.2) is 4.39 Å². The van der Waals surface area contributed by atoms with Gasteiger partial charge in [0.2, 0.25) is 0 Å². The molecule has 1 aliphatic heterocycles. The number of rotatable bonds is 3. The summed E-state index contributed by atoms with van der Waals surface area (Å²) in [4.78, 5) is 11.7. The standard InChI is InChI=1S/C11H12ClFN2O.ClH/c12-8-2-1-3-9(13)10(8)11(16)15-6-7-4-14-5-7;/h1-3,7,14H,4-6H2,(H,15,16);1H. The van der Waals surface area contributed by atoms with Crippen molar-refractivity contribution < 1.29 is 9.18 Å². The van der Waals surface area contributed by atoms with Crippen LogP contribution in [0.3, 0.4) is 0 Å². The summed E-state index contributed by atoms with van der Waals surface area (Å²) in [5, 5.41) is 5.92. The Hall–Kier alpha value is -0.840. The van der Waals surface area contributed by atoms with Crippen molar-refractivity contribution in [3.8, 4) is 0 Å². The van der Waals surface area contributed by atoms with Crippen molar-refractivity contribution in [3.63, 3.8) is 0 Å². The highest BCUT2D eigenvalue weighted by atomic mass is 35.5. The van der Waals surface area contributed by atoms with E-state index in [1.807, 2.05) is 0 Å². The highest BCUT2D eigenvalue weighted by Crippen LogP contribution is 2.18. The minimum atomic E-state index is -0.586. The van der Waals surface area contributed by atoms with Crippen LogP contribution in [-0.4, -0.2) is 25.5 Å². The predicted octanol–water partition coefficient (Wildman–Crippen LogP) is 1.85. The molecular formula is C11H13Cl2FN2O. The van der Waals surface area contributed by atoms with Crippen molar-refractivity contribution >= 4 is 29.9 Å². The first kappa shape index (κ1) is 14.2. The highest BCUT2D eigenvalue weighted by Gasteiger charge is 2.20. The van der Waals surface area contributed by atoms with Crippen LogP contribution in [0.25, 0.3) is 0 Å². The van der Waals surface area contributed by atoms with E-state index in [4.69, 9.17) is 11.6 Å². The average Bonchev–Trinajstić information content (AvgIpc) is 2.15. The van der Waals surface area contributed by atoms with Gasteiger partial charge in [-0.2, -0.15) is 0 Å². The average molecular weight is 279 g/mol. The lowest BCUT2D eigenvalue weighted by Crippen LogP contribution is -2.48. The lowest BCUT2D eigenvalue weighted by atomic mass is 10.0. The molecule has 1 aromatic rings. The van der Waals surface area contributed by atoms with E-state index in [0.29, 0.717) is 12.5 Å². The molecule has 1 aliphatic rings. The van der Waals surface area contributed by atoms with Gasteiger partial charge >= 0.3 is 0 Å². The molecule has 1 saturated heterocycles. The molecule has 0 radical (unpaired) electrons. The summed E-state index contributed by atoms with van der Waals surface area (Å²) in [6.45, 7) is 2.34. The molecule has 0 aliphatic carbocycles. The highest BCUT2D eigenvalue weighted by molar-refractivity contribution is 6.33. The Morgan fingerprint density at radius 2 is 2.24 bits per heavy atom. The molecule has 0 spiro atoms. The second-order valence-corrected chi connectivity index (χ2v) is 4.24. The van der Waals surface area contributed by atoms with Crippen molar-refractivity contribution in [2.24, 2.45) is 5.92 Å². The molecule has 1 amide bonds. The SMILES string of the molecule is Cl.O=C(NCC1CNC1)c1c(F)cccc1Cl. The Balaban J connectivity index is 0.00000144. The molecule has 94 valence electrons. The third-order valence-corrected chi connectivity index (χ3v) is 2.92. The maximum absolute atomic E-state index is 13.4. The van der Waals surface area contributed by atoms with E-state index in [1.54, 1.807) is 0 Å². The van der Waals surface area contributed by atoms with Crippen LogP contribution in [0, 0.1) is 11.7 Å². The maximum Gasteiger partial charge on any atom is 0.255 e. The molecule has 1 fully saturated rings. The molecule has 0 atom stereocenters. The van der Waals surface area contributed by atoms with Gasteiger partial charge in [0.1, 0.15) is 5.82 Å². The topological polar surface area (TPSA) is 41.1 Å². The monoisotopic (exact) mass is 278 g/mol. The Bertz CT molecular complexity index is 390. The van der Waals surface area contributed by atoms with Gasteiger partial charge in [-0.05, 0) is 12.1 Å². The molecule has 0 aromatic heterocycles. The van der Waals surface area contributed by atoms with Crippen LogP contribution in [0.15, 0.2) is 18.2 Å². The van der Waals surface area contributed by atoms with E-state index in [9.17, 15) is 9.18 Å². The fourth-order valence-corrected chi connectivity index (χ4v) is 1.78. The van der Waals surface area contributed by atoms with E-state index in [0.717, 1.165) is 13.1 Å². The number of benzene rings is 1. The van der Waals surface area contributed by atoms with Crippen molar-refractivity contribution in [3.05, 3.63) is 34.6 Å². The molecule has 2 N–H and O–H groups in total. The number of nitrogens with one attached hydrogen (secondary N) is 2. The minimum absolute atomic E-state index is 0. The first-order valence-electron chi connectivity index (χ1n) is 5.11. The molecule has 1 aromatic carbocycles. The van der Waals surface area contributed by atoms with Crippen molar-refractivity contribution in [2.75, 3.05) is 19.6 Å². The third kappa shape index (κ3) is 3.31. The molecule has 3 nitrogen and oxygen atoms in total. The van der Waals surface area contributed by atoms with Gasteiger partial charge in [-0.1, -0.05) is 17.7 Å². The Labute approximate surface area is 110 Å². The lowest BCUT2D eigenvalue weighted by molar-refractivity contribution is 0.0938. The summed E-state index contributed by atoms with van der Waals surface area (Å²) in [7, 11) is 0. The summed E-state index contributed by atoms with van der Waals surface area (Å²) in [6, 6.07) is 4.21. The van der Waals surface area contributed by atoms with Crippen LogP contribution in [0.5, 0.6) is 0 Å². The summed E-state index contributed by atoms with van der Waals surface area (Å²) in [5.74, 6) is -0.596. The van der Waals surface area contributed by atoms with Gasteiger partial charge in [0.15, 0.2) is 0 Å². The normalized spacial score (nSPS) is 14.7. The smallest absolute Gasteiger partial charge is 0.255 e. The van der Waals surface area contributed by atoms with Gasteiger partial charge in [-0.15, -0.1) is 12.4 Å². The van der Waals surface area contributed by atoms with Crippen LogP contribution in [0.1, 0.15) is 10.4 Å². The summed E-state index contributed by atoms with van der Waals surface area (Å²) >= 11 is 5.77. The van der Waals surface area contributed by atoms with E-state index < -0.39 is 11.7 Å². The second-order valence-electron chi connectivity index (χ2n) is 3.83. The fourth-order valence-electron chi connectivity index (χ4n) is 1.53. The Kier molecular flexibility index (Phi) is 5.18. The van der Waals surface area contributed by atoms with Crippen LogP contribution in [0.4, 0.5) is 4.39 Å². The van der Waals surface area contributed by atoms with E-state index in [-0.39, 0.29) is 23.0 Å². The number of amides is 1. The largest absolute Gasteiger partial charge is 0.352 e. The van der Waals surface area contributed by atoms with Crippen LogP contribution in [0.2, 0.25) is 5.02 Å². The lowest BCUT2D eigenvalue weighted by Gasteiger charge is -2.27. The van der Waals surface area contributed by atoms with E-state index in [1.165, 1.54) is 18.2 Å². The van der Waals surface area contributed by atoms with Crippen LogP contribution in [-0.2, 0) is 0 Å². The molecule has 17 heavy (non-hydrogen) atoms. The molecule has 0 saturated carbocycles. The Morgan fingerprint density at radius 3 is 2.76 bits per heavy atom. The van der Waals surface area contributed by atoms with E-state index >= 15 is 0 Å². The Morgan fingerprint density at radius 1 is 1.53 bits per heavy atom. The zero-order chi connectivity index (χ0) is 11.5. The third-order valence-electron chi connectivity index (χ3n) is 2.61. The number of carbonyl (C=O) groups excluding carboxylic acids is 1. The predicted molar refractivity (Wildman–Crippen MR) is 67.4 cm³/mol. The molecule has 2 rings (SSSR count). The molecular weight excluding hydrogens is 266 g/mol. The molecule has 6 heteroatoms. The molecule has 1 heterocycles. The van der Waals surface area contributed by atoms with Crippen molar-refractivity contribution in [2.45, 2.75) is 0 Å². The van der Waals surface area contributed by atoms with Gasteiger partial charge < -0.3 is 10.6 Å². The van der Waals surface area contributed by atoms with Gasteiger partial charge in [0.05, 0.1) is 10.6 Å². The molecule has 0 unspecified atom stereocenters. The number of halogens is 3. The molecule has 0 bridgehead atoms. The minimum Gasteiger partial charge on any atom is -0.352 e. The summed E-state index contributed by atoms with van der Waals surface area (Å²) < 4.78 is 13.4. The zero-order valence-corrected chi connectivity index (χ0v) is 10.6. The number of hydrogen-bond donors (Lipinski definition) is 2. The van der Waals surface area contributed by atoms with Gasteiger partial charge in [0.25, 0.3) is 5.91 Å². The maximum atomic E-state index is 13.4. The number of carbonyl (C=O) groups is 1. The fraction of sp³-hybridized carbons (Fsp3) is 0.364. The van der Waals surface area contributed by atoms with Crippen LogP contribution < -0.4 is 10.6 Å². The van der Waals surface area contributed by atoms with Crippen molar-refractivity contribution in [1.29, 1.82) is 0 Å². The summed E-state index contributed by atoms with van der Waals surface area (Å²) in [6.07, 6.45) is 0. The number of hydrogen-bond acceptors (Lipinski definition) is 2. The van der Waals surface area contributed by atoms with E-state index in [2.05, 4.69) is 10.6 Å². The quantitative estimate of drug-likeness (QED) is 0.886. The van der Waals surface area contributed by atoms with Gasteiger partial charge in [-0.3, -0.25) is 4.79 Å².